The van der Waals surface area contributed by atoms with Gasteiger partial charge in [-0.2, -0.15) is 0 Å². The van der Waals surface area contributed by atoms with Crippen LogP contribution in [0.1, 0.15) is 49.7 Å². The standard InChI is InChI=1S/C19H26N2O2/c1-13-10-14(2)12-16(11-13)21-9-8-17(19(21)23)20-18(22)15-6-4-3-5-7-15/h10-12,15,17H,3-9H2,1-2H3,(H,20,22)/t17-/m0/s1. The van der Waals surface area contributed by atoms with E-state index in [0.29, 0.717) is 13.0 Å². The average molecular weight is 314 g/mol. The van der Waals surface area contributed by atoms with Gasteiger partial charge >= 0.3 is 0 Å². The third-order valence-corrected chi connectivity index (χ3v) is 5.02. The third-order valence-electron chi connectivity index (χ3n) is 5.02. The van der Waals surface area contributed by atoms with Gasteiger partial charge in [0.15, 0.2) is 0 Å². The molecule has 2 aliphatic rings. The highest BCUT2D eigenvalue weighted by atomic mass is 16.2. The molecule has 23 heavy (non-hydrogen) atoms. The van der Waals surface area contributed by atoms with E-state index in [9.17, 15) is 9.59 Å². The van der Waals surface area contributed by atoms with E-state index < -0.39 is 0 Å². The van der Waals surface area contributed by atoms with Gasteiger partial charge in [-0.3, -0.25) is 9.59 Å². The SMILES string of the molecule is Cc1cc(C)cc(N2CC[C@H](NC(=O)C3CCCCC3)C2=O)c1. The molecule has 4 heteroatoms. The molecular formula is C19H26N2O2. The number of nitrogens with one attached hydrogen (secondary N) is 1. The zero-order valence-corrected chi connectivity index (χ0v) is 14.1. The summed E-state index contributed by atoms with van der Waals surface area (Å²) in [5.41, 5.74) is 3.26. The highest BCUT2D eigenvalue weighted by Crippen LogP contribution is 2.26. The highest BCUT2D eigenvalue weighted by molar-refractivity contribution is 6.01. The minimum Gasteiger partial charge on any atom is -0.344 e. The van der Waals surface area contributed by atoms with Crippen molar-refractivity contribution in [2.75, 3.05) is 11.4 Å². The largest absolute Gasteiger partial charge is 0.344 e. The lowest BCUT2D eigenvalue weighted by Crippen LogP contribution is -2.44. The fraction of sp³-hybridized carbons (Fsp3) is 0.579. The van der Waals surface area contributed by atoms with Crippen LogP contribution in [-0.2, 0) is 9.59 Å². The van der Waals surface area contributed by atoms with Gasteiger partial charge in [0.2, 0.25) is 11.8 Å². The topological polar surface area (TPSA) is 49.4 Å². The monoisotopic (exact) mass is 314 g/mol. The molecule has 0 radical (unpaired) electrons. The van der Waals surface area contributed by atoms with Gasteiger partial charge in [-0.25, -0.2) is 0 Å². The fourth-order valence-electron chi connectivity index (χ4n) is 3.83. The van der Waals surface area contributed by atoms with Crippen molar-refractivity contribution in [2.45, 2.75) is 58.4 Å². The highest BCUT2D eigenvalue weighted by Gasteiger charge is 2.35. The molecule has 1 aliphatic heterocycles. The van der Waals surface area contributed by atoms with Crippen LogP contribution in [0.3, 0.4) is 0 Å². The van der Waals surface area contributed by atoms with Crippen LogP contribution >= 0.6 is 0 Å². The smallest absolute Gasteiger partial charge is 0.249 e. The molecule has 0 unspecified atom stereocenters. The summed E-state index contributed by atoms with van der Waals surface area (Å²) in [7, 11) is 0. The van der Waals surface area contributed by atoms with Gasteiger partial charge in [0.25, 0.3) is 0 Å². The average Bonchev–Trinajstić information content (AvgIpc) is 2.88. The van der Waals surface area contributed by atoms with Crippen molar-refractivity contribution >= 4 is 17.5 Å². The summed E-state index contributed by atoms with van der Waals surface area (Å²) in [5, 5.41) is 3.00. The first-order chi connectivity index (χ1) is 11.0. The first kappa shape index (κ1) is 16.0. The fourth-order valence-corrected chi connectivity index (χ4v) is 3.83. The molecule has 4 nitrogen and oxygen atoms in total. The first-order valence-corrected chi connectivity index (χ1v) is 8.74. The molecule has 0 spiro atoms. The normalized spacial score (nSPS) is 22.4. The molecule has 2 amide bonds. The molecule has 0 aromatic heterocycles. The molecule has 124 valence electrons. The molecule has 1 heterocycles. The maximum atomic E-state index is 12.7. The number of carbonyl (C=O) groups is 2. The first-order valence-electron chi connectivity index (χ1n) is 8.74. The zero-order chi connectivity index (χ0) is 16.4. The molecule has 1 saturated heterocycles. The van der Waals surface area contributed by atoms with Gasteiger partial charge in [-0.15, -0.1) is 0 Å². The molecule has 1 aromatic rings. The summed E-state index contributed by atoms with van der Waals surface area (Å²) < 4.78 is 0. The van der Waals surface area contributed by atoms with Crippen molar-refractivity contribution in [3.8, 4) is 0 Å². The Morgan fingerprint density at radius 1 is 1.04 bits per heavy atom. The second-order valence-corrected chi connectivity index (χ2v) is 7.02. The summed E-state index contributed by atoms with van der Waals surface area (Å²) in [5.74, 6) is 0.205. The van der Waals surface area contributed by atoms with E-state index in [1.807, 2.05) is 30.9 Å². The minimum absolute atomic E-state index is 0.0270. The molecule has 1 aliphatic carbocycles. The van der Waals surface area contributed by atoms with Crippen LogP contribution in [-0.4, -0.2) is 24.4 Å². The second-order valence-electron chi connectivity index (χ2n) is 7.02. The van der Waals surface area contributed by atoms with E-state index in [-0.39, 0.29) is 23.8 Å². The van der Waals surface area contributed by atoms with Crippen molar-refractivity contribution in [3.63, 3.8) is 0 Å². The lowest BCUT2D eigenvalue weighted by atomic mass is 9.88. The Balaban J connectivity index is 1.65. The number of carbonyl (C=O) groups excluding carboxylic acids is 2. The van der Waals surface area contributed by atoms with Gasteiger partial charge in [0.1, 0.15) is 6.04 Å². The second kappa shape index (κ2) is 6.73. The van der Waals surface area contributed by atoms with Crippen LogP contribution in [0, 0.1) is 19.8 Å². The number of hydrogen-bond acceptors (Lipinski definition) is 2. The lowest BCUT2D eigenvalue weighted by Gasteiger charge is -2.23. The number of rotatable bonds is 3. The molecule has 1 atom stereocenters. The lowest BCUT2D eigenvalue weighted by molar-refractivity contribution is -0.129. The van der Waals surface area contributed by atoms with Crippen molar-refractivity contribution in [3.05, 3.63) is 29.3 Å². The van der Waals surface area contributed by atoms with Crippen LogP contribution in [0.25, 0.3) is 0 Å². The maximum Gasteiger partial charge on any atom is 0.249 e. The number of nitrogens with zero attached hydrogens (tertiary/aromatic N) is 1. The molecule has 0 bridgehead atoms. The van der Waals surface area contributed by atoms with Gasteiger partial charge in [0, 0.05) is 18.2 Å². The van der Waals surface area contributed by atoms with Crippen molar-refractivity contribution in [1.82, 2.24) is 5.32 Å². The Hall–Kier alpha value is -1.84. The quantitative estimate of drug-likeness (QED) is 0.932. The molecule has 1 saturated carbocycles. The Morgan fingerprint density at radius 3 is 2.35 bits per heavy atom. The molecule has 1 aromatic carbocycles. The Labute approximate surface area is 138 Å². The molecular weight excluding hydrogens is 288 g/mol. The summed E-state index contributed by atoms with van der Waals surface area (Å²) in [6, 6.07) is 5.82. The van der Waals surface area contributed by atoms with E-state index >= 15 is 0 Å². The summed E-state index contributed by atoms with van der Waals surface area (Å²) in [6.07, 6.45) is 6.12. The van der Waals surface area contributed by atoms with Gasteiger partial charge < -0.3 is 10.2 Å². The Bertz CT molecular complexity index is 585. The van der Waals surface area contributed by atoms with Gasteiger partial charge in [0.05, 0.1) is 0 Å². The van der Waals surface area contributed by atoms with E-state index in [1.165, 1.54) is 6.42 Å². The Morgan fingerprint density at radius 2 is 1.70 bits per heavy atom. The van der Waals surface area contributed by atoms with Gasteiger partial charge in [-0.05, 0) is 56.4 Å². The van der Waals surface area contributed by atoms with Crippen LogP contribution in [0.15, 0.2) is 18.2 Å². The summed E-state index contributed by atoms with van der Waals surface area (Å²) in [4.78, 5) is 26.8. The van der Waals surface area contributed by atoms with E-state index in [4.69, 9.17) is 0 Å². The molecule has 3 rings (SSSR count). The number of amides is 2. The minimum atomic E-state index is -0.356. The number of anilines is 1. The number of hydrogen-bond donors (Lipinski definition) is 1. The molecule has 2 fully saturated rings. The van der Waals surface area contributed by atoms with Crippen LogP contribution in [0.2, 0.25) is 0 Å². The summed E-state index contributed by atoms with van der Waals surface area (Å²) in [6.45, 7) is 4.76. The predicted molar refractivity (Wildman–Crippen MR) is 91.4 cm³/mol. The number of aryl methyl sites for hydroxylation is 2. The van der Waals surface area contributed by atoms with Crippen molar-refractivity contribution < 1.29 is 9.59 Å². The number of benzene rings is 1. The third kappa shape index (κ3) is 3.57. The summed E-state index contributed by atoms with van der Waals surface area (Å²) >= 11 is 0. The van der Waals surface area contributed by atoms with Crippen LogP contribution in [0.5, 0.6) is 0 Å². The van der Waals surface area contributed by atoms with E-state index in [2.05, 4.69) is 11.4 Å². The zero-order valence-electron chi connectivity index (χ0n) is 14.1. The van der Waals surface area contributed by atoms with Crippen molar-refractivity contribution in [2.24, 2.45) is 5.92 Å². The van der Waals surface area contributed by atoms with E-state index in [1.54, 1.807) is 0 Å². The predicted octanol–water partition coefficient (Wildman–Crippen LogP) is 3.11. The Kier molecular flexibility index (Phi) is 4.69. The van der Waals surface area contributed by atoms with Crippen molar-refractivity contribution in [1.29, 1.82) is 0 Å². The molecule has 1 N–H and O–H groups in total. The van der Waals surface area contributed by atoms with E-state index in [0.717, 1.165) is 42.5 Å². The van der Waals surface area contributed by atoms with Crippen LogP contribution < -0.4 is 10.2 Å². The maximum absolute atomic E-state index is 12.7. The van der Waals surface area contributed by atoms with Gasteiger partial charge in [-0.1, -0.05) is 25.3 Å². The van der Waals surface area contributed by atoms with Crippen LogP contribution in [0.4, 0.5) is 5.69 Å².